The van der Waals surface area contributed by atoms with Crippen molar-refractivity contribution in [3.63, 3.8) is 0 Å². The number of aromatic nitrogens is 1. The molecule has 0 aliphatic rings. The monoisotopic (exact) mass is 427 g/mol. The highest BCUT2D eigenvalue weighted by Gasteiger charge is 2.21. The molecular formula is C24H27F2N3O2. The van der Waals surface area contributed by atoms with E-state index in [0.717, 1.165) is 11.6 Å². The van der Waals surface area contributed by atoms with E-state index in [2.05, 4.69) is 10.3 Å². The van der Waals surface area contributed by atoms with Crippen LogP contribution in [0.4, 0.5) is 8.78 Å². The van der Waals surface area contributed by atoms with Gasteiger partial charge >= 0.3 is 0 Å². The van der Waals surface area contributed by atoms with E-state index in [1.807, 2.05) is 56.0 Å². The normalized spacial score (nSPS) is 12.4. The SMILES string of the molecule is CC(C)CNC(=O)c1coc(CN(Cc2ccc(F)cc2F)C(C)c2ccccc2)n1. The molecule has 164 valence electrons. The van der Waals surface area contributed by atoms with Gasteiger partial charge in [0.2, 0.25) is 5.89 Å². The van der Waals surface area contributed by atoms with Gasteiger partial charge in [0.1, 0.15) is 17.9 Å². The zero-order valence-electron chi connectivity index (χ0n) is 17.9. The van der Waals surface area contributed by atoms with E-state index < -0.39 is 11.6 Å². The average Bonchev–Trinajstić information content (AvgIpc) is 3.22. The molecule has 2 aromatic carbocycles. The van der Waals surface area contributed by atoms with Crippen LogP contribution in [-0.4, -0.2) is 22.3 Å². The lowest BCUT2D eigenvalue weighted by atomic mass is 10.1. The van der Waals surface area contributed by atoms with Crippen molar-refractivity contribution < 1.29 is 18.0 Å². The van der Waals surface area contributed by atoms with Gasteiger partial charge in [0, 0.05) is 30.8 Å². The number of benzene rings is 2. The summed E-state index contributed by atoms with van der Waals surface area (Å²) in [6.45, 7) is 7.03. The first-order valence-corrected chi connectivity index (χ1v) is 10.3. The molecule has 0 fully saturated rings. The molecule has 0 aliphatic carbocycles. The lowest BCUT2D eigenvalue weighted by Gasteiger charge is -2.28. The van der Waals surface area contributed by atoms with Crippen LogP contribution in [-0.2, 0) is 13.1 Å². The second-order valence-electron chi connectivity index (χ2n) is 7.96. The van der Waals surface area contributed by atoms with Crippen molar-refractivity contribution in [2.24, 2.45) is 5.92 Å². The summed E-state index contributed by atoms with van der Waals surface area (Å²) in [5, 5.41) is 2.81. The van der Waals surface area contributed by atoms with Crippen LogP contribution < -0.4 is 5.32 Å². The van der Waals surface area contributed by atoms with E-state index >= 15 is 0 Å². The minimum Gasteiger partial charge on any atom is -0.447 e. The molecule has 0 saturated carbocycles. The number of rotatable bonds is 9. The summed E-state index contributed by atoms with van der Waals surface area (Å²) in [5.74, 6) is -0.848. The van der Waals surface area contributed by atoms with Gasteiger partial charge in [-0.25, -0.2) is 13.8 Å². The molecule has 1 amide bonds. The number of carbonyl (C=O) groups excluding carboxylic acids is 1. The Balaban J connectivity index is 1.80. The Kier molecular flexibility index (Phi) is 7.52. The van der Waals surface area contributed by atoms with Crippen molar-refractivity contribution in [1.29, 1.82) is 0 Å². The predicted octanol–water partition coefficient (Wildman–Crippen LogP) is 5.10. The van der Waals surface area contributed by atoms with Crippen LogP contribution >= 0.6 is 0 Å². The molecule has 7 heteroatoms. The van der Waals surface area contributed by atoms with Gasteiger partial charge in [-0.3, -0.25) is 9.69 Å². The summed E-state index contributed by atoms with van der Waals surface area (Å²) in [7, 11) is 0. The van der Waals surface area contributed by atoms with Crippen molar-refractivity contribution in [1.82, 2.24) is 15.2 Å². The second kappa shape index (κ2) is 10.3. The minimum atomic E-state index is -0.617. The maximum atomic E-state index is 14.3. The second-order valence-corrected chi connectivity index (χ2v) is 7.96. The van der Waals surface area contributed by atoms with Gasteiger partial charge in [0.05, 0.1) is 6.54 Å². The predicted molar refractivity (Wildman–Crippen MR) is 114 cm³/mol. The van der Waals surface area contributed by atoms with Crippen LogP contribution in [0.3, 0.4) is 0 Å². The van der Waals surface area contributed by atoms with Gasteiger partial charge in [-0.1, -0.05) is 50.2 Å². The molecule has 1 N–H and O–H groups in total. The van der Waals surface area contributed by atoms with Crippen molar-refractivity contribution in [3.05, 3.63) is 89.1 Å². The van der Waals surface area contributed by atoms with Gasteiger partial charge in [-0.15, -0.1) is 0 Å². The molecule has 0 bridgehead atoms. The van der Waals surface area contributed by atoms with Crippen LogP contribution in [0.2, 0.25) is 0 Å². The maximum Gasteiger partial charge on any atom is 0.273 e. The highest BCUT2D eigenvalue weighted by atomic mass is 19.1. The largest absolute Gasteiger partial charge is 0.447 e. The summed E-state index contributed by atoms with van der Waals surface area (Å²) in [4.78, 5) is 18.5. The van der Waals surface area contributed by atoms with Crippen LogP contribution in [0.1, 0.15) is 54.3 Å². The Morgan fingerprint density at radius 2 is 1.84 bits per heavy atom. The standard InChI is InChI=1S/C24H27F2N3O2/c1-16(2)12-27-24(30)22-15-31-23(28-22)14-29(17(3)18-7-5-4-6-8-18)13-19-9-10-20(25)11-21(19)26/h4-11,15-17H,12-14H2,1-3H3,(H,27,30). The van der Waals surface area contributed by atoms with E-state index in [1.54, 1.807) is 0 Å². The Morgan fingerprint density at radius 1 is 1.10 bits per heavy atom. The van der Waals surface area contributed by atoms with Crippen LogP contribution in [0.15, 0.2) is 59.2 Å². The topological polar surface area (TPSA) is 58.4 Å². The zero-order valence-corrected chi connectivity index (χ0v) is 17.9. The van der Waals surface area contributed by atoms with Gasteiger partial charge in [0.25, 0.3) is 5.91 Å². The maximum absolute atomic E-state index is 14.3. The molecule has 0 radical (unpaired) electrons. The number of carbonyl (C=O) groups is 1. The number of hydrogen-bond acceptors (Lipinski definition) is 4. The van der Waals surface area contributed by atoms with Gasteiger partial charge < -0.3 is 9.73 Å². The van der Waals surface area contributed by atoms with Crippen molar-refractivity contribution in [3.8, 4) is 0 Å². The molecule has 1 atom stereocenters. The lowest BCUT2D eigenvalue weighted by Crippen LogP contribution is -2.28. The molecule has 31 heavy (non-hydrogen) atoms. The number of nitrogens with zero attached hydrogens (tertiary/aromatic N) is 2. The highest BCUT2D eigenvalue weighted by Crippen LogP contribution is 2.25. The lowest BCUT2D eigenvalue weighted by molar-refractivity contribution is 0.0944. The van der Waals surface area contributed by atoms with E-state index in [-0.39, 0.29) is 30.7 Å². The van der Waals surface area contributed by atoms with Crippen molar-refractivity contribution >= 4 is 5.91 Å². The van der Waals surface area contributed by atoms with Crippen LogP contribution in [0.25, 0.3) is 0 Å². The van der Waals surface area contributed by atoms with E-state index in [9.17, 15) is 13.6 Å². The van der Waals surface area contributed by atoms with Crippen molar-refractivity contribution in [2.45, 2.75) is 39.9 Å². The van der Waals surface area contributed by atoms with Crippen molar-refractivity contribution in [2.75, 3.05) is 6.54 Å². The molecule has 1 unspecified atom stereocenters. The smallest absolute Gasteiger partial charge is 0.273 e. The number of hydrogen-bond donors (Lipinski definition) is 1. The number of halogens is 2. The summed E-state index contributed by atoms with van der Waals surface area (Å²) in [6.07, 6.45) is 1.33. The quantitative estimate of drug-likeness (QED) is 0.516. The molecule has 3 aromatic rings. The fraction of sp³-hybridized carbons (Fsp3) is 0.333. The third-order valence-electron chi connectivity index (χ3n) is 5.01. The average molecular weight is 427 g/mol. The van der Waals surface area contributed by atoms with E-state index in [4.69, 9.17) is 4.42 Å². The van der Waals surface area contributed by atoms with Crippen LogP contribution in [0.5, 0.6) is 0 Å². The number of amides is 1. The Labute approximate surface area is 181 Å². The Bertz CT molecular complexity index is 1010. The molecule has 0 spiro atoms. The summed E-state index contributed by atoms with van der Waals surface area (Å²) in [5.41, 5.74) is 1.60. The molecule has 0 saturated heterocycles. The number of oxazole rings is 1. The number of nitrogens with one attached hydrogen (secondary N) is 1. The van der Waals surface area contributed by atoms with Gasteiger partial charge in [0.15, 0.2) is 5.69 Å². The molecule has 5 nitrogen and oxygen atoms in total. The van der Waals surface area contributed by atoms with E-state index in [0.29, 0.717) is 23.9 Å². The van der Waals surface area contributed by atoms with E-state index in [1.165, 1.54) is 18.4 Å². The van der Waals surface area contributed by atoms with Crippen LogP contribution in [0, 0.1) is 17.6 Å². The molecular weight excluding hydrogens is 400 g/mol. The molecule has 0 aliphatic heterocycles. The van der Waals surface area contributed by atoms with Gasteiger partial charge in [-0.05, 0) is 24.5 Å². The fourth-order valence-corrected chi connectivity index (χ4v) is 3.19. The Hall–Kier alpha value is -3.06. The zero-order chi connectivity index (χ0) is 22.4. The van der Waals surface area contributed by atoms with Gasteiger partial charge in [-0.2, -0.15) is 0 Å². The molecule has 3 rings (SSSR count). The first-order valence-electron chi connectivity index (χ1n) is 10.3. The fourth-order valence-electron chi connectivity index (χ4n) is 3.19. The molecule has 1 heterocycles. The Morgan fingerprint density at radius 3 is 2.52 bits per heavy atom. The summed E-state index contributed by atoms with van der Waals surface area (Å²) < 4.78 is 33.2. The first kappa shape index (κ1) is 22.6. The third-order valence-corrected chi connectivity index (χ3v) is 5.01. The highest BCUT2D eigenvalue weighted by molar-refractivity contribution is 5.91. The minimum absolute atomic E-state index is 0.101. The summed E-state index contributed by atoms with van der Waals surface area (Å²) >= 11 is 0. The first-order chi connectivity index (χ1) is 14.8. The molecule has 1 aromatic heterocycles. The third kappa shape index (κ3) is 6.21. The summed E-state index contributed by atoms with van der Waals surface area (Å²) in [6, 6.07) is 13.2.